The number of ether oxygens (including phenoxy) is 1. The Morgan fingerprint density at radius 1 is 1.40 bits per heavy atom. The molecule has 0 radical (unpaired) electrons. The third kappa shape index (κ3) is 3.42. The maximum atomic E-state index is 12.1. The van der Waals surface area contributed by atoms with E-state index >= 15 is 0 Å². The molecule has 1 amide bonds. The monoisotopic (exact) mass is 292 g/mol. The molecule has 2 rings (SSSR count). The Balaban J connectivity index is 2.19. The standard InChI is InChI=1S/C13H13ClN4O2/c1-3-20-11-6-4-5-10(17-11)18-13(19)12-9(14)7-15-8(2)16-12/h4-7H,3H2,1-2H3,(H,17,18,19). The van der Waals surface area contributed by atoms with Crippen LogP contribution in [0.25, 0.3) is 0 Å². The number of nitrogens with one attached hydrogen (secondary N) is 1. The first-order chi connectivity index (χ1) is 9.60. The lowest BCUT2D eigenvalue weighted by atomic mass is 10.3. The predicted molar refractivity (Wildman–Crippen MR) is 75.1 cm³/mol. The first-order valence-electron chi connectivity index (χ1n) is 6.00. The van der Waals surface area contributed by atoms with Gasteiger partial charge >= 0.3 is 0 Å². The van der Waals surface area contributed by atoms with E-state index in [9.17, 15) is 4.79 Å². The van der Waals surface area contributed by atoms with Gasteiger partial charge < -0.3 is 10.1 Å². The number of anilines is 1. The number of pyridine rings is 1. The van der Waals surface area contributed by atoms with Crippen LogP contribution >= 0.6 is 11.6 Å². The molecule has 0 atom stereocenters. The number of carbonyl (C=O) groups excluding carboxylic acids is 1. The number of nitrogens with zero attached hydrogens (tertiary/aromatic N) is 3. The van der Waals surface area contributed by atoms with Crippen LogP contribution in [0.4, 0.5) is 5.82 Å². The van der Waals surface area contributed by atoms with Gasteiger partial charge in [0.25, 0.3) is 5.91 Å². The normalized spacial score (nSPS) is 10.2. The number of aromatic nitrogens is 3. The van der Waals surface area contributed by atoms with Gasteiger partial charge in [0.15, 0.2) is 5.69 Å². The first-order valence-corrected chi connectivity index (χ1v) is 6.38. The number of hydrogen-bond donors (Lipinski definition) is 1. The lowest BCUT2D eigenvalue weighted by molar-refractivity contribution is 0.102. The average Bonchev–Trinajstić information content (AvgIpc) is 2.42. The maximum absolute atomic E-state index is 12.1. The average molecular weight is 293 g/mol. The summed E-state index contributed by atoms with van der Waals surface area (Å²) >= 11 is 5.91. The highest BCUT2D eigenvalue weighted by Gasteiger charge is 2.14. The van der Waals surface area contributed by atoms with Crippen molar-refractivity contribution in [1.82, 2.24) is 15.0 Å². The van der Waals surface area contributed by atoms with Crippen LogP contribution in [0.3, 0.4) is 0 Å². The number of hydrogen-bond acceptors (Lipinski definition) is 5. The molecule has 20 heavy (non-hydrogen) atoms. The second-order valence-corrected chi connectivity index (χ2v) is 4.27. The minimum atomic E-state index is -0.443. The van der Waals surface area contributed by atoms with Crippen molar-refractivity contribution < 1.29 is 9.53 Å². The van der Waals surface area contributed by atoms with Gasteiger partial charge in [-0.05, 0) is 19.9 Å². The summed E-state index contributed by atoms with van der Waals surface area (Å²) in [6.45, 7) is 4.04. The summed E-state index contributed by atoms with van der Waals surface area (Å²) in [5.41, 5.74) is 0.114. The van der Waals surface area contributed by atoms with Gasteiger partial charge in [-0.3, -0.25) is 4.79 Å². The molecule has 0 saturated carbocycles. The Kier molecular flexibility index (Phi) is 4.47. The molecular weight excluding hydrogens is 280 g/mol. The van der Waals surface area contributed by atoms with Crippen molar-refractivity contribution >= 4 is 23.3 Å². The summed E-state index contributed by atoms with van der Waals surface area (Å²) in [5, 5.41) is 2.81. The summed E-state index contributed by atoms with van der Waals surface area (Å²) in [4.78, 5) is 24.2. The van der Waals surface area contributed by atoms with Crippen molar-refractivity contribution in [3.8, 4) is 5.88 Å². The minimum absolute atomic E-state index is 0.114. The van der Waals surface area contributed by atoms with E-state index in [1.165, 1.54) is 6.20 Å². The molecule has 0 aromatic carbocycles. The van der Waals surface area contributed by atoms with Crippen LogP contribution in [0.5, 0.6) is 5.88 Å². The molecule has 2 aromatic rings. The van der Waals surface area contributed by atoms with E-state index in [0.29, 0.717) is 24.1 Å². The van der Waals surface area contributed by atoms with Gasteiger partial charge in [0.2, 0.25) is 5.88 Å². The molecule has 0 aliphatic heterocycles. The minimum Gasteiger partial charge on any atom is -0.478 e. The lowest BCUT2D eigenvalue weighted by Crippen LogP contribution is -2.16. The Labute approximate surface area is 121 Å². The SMILES string of the molecule is CCOc1cccc(NC(=O)c2nc(C)ncc2Cl)n1. The van der Waals surface area contributed by atoms with Gasteiger partial charge in [-0.25, -0.2) is 9.97 Å². The van der Waals surface area contributed by atoms with E-state index in [1.807, 2.05) is 6.92 Å². The number of amides is 1. The van der Waals surface area contributed by atoms with Crippen molar-refractivity contribution in [2.75, 3.05) is 11.9 Å². The van der Waals surface area contributed by atoms with E-state index in [-0.39, 0.29) is 10.7 Å². The van der Waals surface area contributed by atoms with Crippen molar-refractivity contribution in [1.29, 1.82) is 0 Å². The third-order valence-corrected chi connectivity index (χ3v) is 2.61. The van der Waals surface area contributed by atoms with E-state index in [1.54, 1.807) is 25.1 Å². The molecule has 1 N–H and O–H groups in total. The fourth-order valence-corrected chi connectivity index (χ4v) is 1.68. The Morgan fingerprint density at radius 3 is 2.95 bits per heavy atom. The Morgan fingerprint density at radius 2 is 2.20 bits per heavy atom. The highest BCUT2D eigenvalue weighted by molar-refractivity contribution is 6.33. The number of halogens is 1. The van der Waals surface area contributed by atoms with E-state index < -0.39 is 5.91 Å². The molecule has 0 saturated heterocycles. The molecule has 0 spiro atoms. The molecule has 0 fully saturated rings. The van der Waals surface area contributed by atoms with Crippen LogP contribution in [0.15, 0.2) is 24.4 Å². The molecule has 0 unspecified atom stereocenters. The van der Waals surface area contributed by atoms with Gasteiger partial charge in [-0.15, -0.1) is 0 Å². The second kappa shape index (κ2) is 6.29. The van der Waals surface area contributed by atoms with Crippen molar-refractivity contribution in [2.24, 2.45) is 0 Å². The lowest BCUT2D eigenvalue weighted by Gasteiger charge is -2.07. The topological polar surface area (TPSA) is 77.0 Å². The zero-order chi connectivity index (χ0) is 14.5. The summed E-state index contributed by atoms with van der Waals surface area (Å²) in [5.74, 6) is 0.834. The predicted octanol–water partition coefficient (Wildman–Crippen LogP) is 2.48. The first kappa shape index (κ1) is 14.2. The molecule has 6 nitrogen and oxygen atoms in total. The number of rotatable bonds is 4. The number of carbonyl (C=O) groups is 1. The maximum Gasteiger partial charge on any atom is 0.277 e. The molecule has 0 aliphatic carbocycles. The largest absolute Gasteiger partial charge is 0.478 e. The number of aryl methyl sites for hydroxylation is 1. The van der Waals surface area contributed by atoms with E-state index in [4.69, 9.17) is 16.3 Å². The fourth-order valence-electron chi connectivity index (χ4n) is 1.50. The van der Waals surface area contributed by atoms with Crippen LogP contribution in [-0.2, 0) is 0 Å². The zero-order valence-corrected chi connectivity index (χ0v) is 11.8. The van der Waals surface area contributed by atoms with Crippen LogP contribution in [-0.4, -0.2) is 27.5 Å². The van der Waals surface area contributed by atoms with Gasteiger partial charge in [0.05, 0.1) is 17.8 Å². The van der Waals surface area contributed by atoms with E-state index in [2.05, 4.69) is 20.3 Å². The summed E-state index contributed by atoms with van der Waals surface area (Å²) < 4.78 is 5.26. The highest BCUT2D eigenvalue weighted by atomic mass is 35.5. The smallest absolute Gasteiger partial charge is 0.277 e. The quantitative estimate of drug-likeness (QED) is 0.937. The molecule has 104 valence electrons. The molecule has 2 aromatic heterocycles. The fraction of sp³-hybridized carbons (Fsp3) is 0.231. The zero-order valence-electron chi connectivity index (χ0n) is 11.1. The van der Waals surface area contributed by atoms with Crippen LogP contribution in [0.2, 0.25) is 5.02 Å². The van der Waals surface area contributed by atoms with Crippen LogP contribution in [0.1, 0.15) is 23.2 Å². The van der Waals surface area contributed by atoms with Gasteiger partial charge in [-0.2, -0.15) is 4.98 Å². The highest BCUT2D eigenvalue weighted by Crippen LogP contribution is 2.16. The van der Waals surface area contributed by atoms with Gasteiger partial charge in [0.1, 0.15) is 11.6 Å². The van der Waals surface area contributed by atoms with Crippen molar-refractivity contribution in [2.45, 2.75) is 13.8 Å². The Bertz CT molecular complexity index is 634. The molecular formula is C13H13ClN4O2. The molecule has 7 heteroatoms. The van der Waals surface area contributed by atoms with Gasteiger partial charge in [-0.1, -0.05) is 17.7 Å². The molecule has 0 bridgehead atoms. The third-order valence-electron chi connectivity index (χ3n) is 2.34. The Hall–Kier alpha value is -2.21. The van der Waals surface area contributed by atoms with E-state index in [0.717, 1.165) is 0 Å². The van der Waals surface area contributed by atoms with Gasteiger partial charge in [0, 0.05) is 6.07 Å². The second-order valence-electron chi connectivity index (χ2n) is 3.86. The molecule has 0 aliphatic rings. The summed E-state index contributed by atoms with van der Waals surface area (Å²) in [6, 6.07) is 5.10. The van der Waals surface area contributed by atoms with Crippen molar-refractivity contribution in [3.63, 3.8) is 0 Å². The summed E-state index contributed by atoms with van der Waals surface area (Å²) in [6.07, 6.45) is 1.39. The van der Waals surface area contributed by atoms with Crippen LogP contribution in [0, 0.1) is 6.92 Å². The van der Waals surface area contributed by atoms with Crippen LogP contribution < -0.4 is 10.1 Å². The molecule has 2 heterocycles. The van der Waals surface area contributed by atoms with Crippen molar-refractivity contribution in [3.05, 3.63) is 40.9 Å². The summed E-state index contributed by atoms with van der Waals surface area (Å²) in [7, 11) is 0.